The van der Waals surface area contributed by atoms with Gasteiger partial charge in [0.1, 0.15) is 0 Å². The number of nitrogens with two attached hydrogens (primary N) is 1. The van der Waals surface area contributed by atoms with Gasteiger partial charge in [-0.2, -0.15) is 0 Å². The van der Waals surface area contributed by atoms with Gasteiger partial charge >= 0.3 is 0 Å². The zero-order valence-electron chi connectivity index (χ0n) is 7.01. The monoisotopic (exact) mass is 229 g/mol. The van der Waals surface area contributed by atoms with Crippen LogP contribution >= 0.6 is 15.9 Å². The molecule has 0 spiro atoms. The van der Waals surface area contributed by atoms with Gasteiger partial charge in [-0.3, -0.25) is 0 Å². The summed E-state index contributed by atoms with van der Waals surface area (Å²) >= 11 is 3.22. The Balaban J connectivity index is 2.64. The lowest BCUT2D eigenvalue weighted by Gasteiger charge is -2.07. The van der Waals surface area contributed by atoms with E-state index < -0.39 is 0 Å². The van der Waals surface area contributed by atoms with E-state index in [0.717, 1.165) is 22.2 Å². The first-order valence-corrected chi connectivity index (χ1v) is 4.53. The Kier molecular flexibility index (Phi) is 3.12. The van der Waals surface area contributed by atoms with Crippen LogP contribution in [-0.2, 0) is 0 Å². The Labute approximate surface area is 80.6 Å². The van der Waals surface area contributed by atoms with E-state index in [1.165, 1.54) is 0 Å². The number of hydrogen-bond donors (Lipinski definition) is 1. The molecule has 0 aliphatic heterocycles. The smallest absolute Gasteiger partial charge is 0.169 e. The van der Waals surface area contributed by atoms with Crippen LogP contribution in [0.2, 0.25) is 0 Å². The molecule has 1 heterocycles. The first-order valence-electron chi connectivity index (χ1n) is 3.73. The molecule has 1 rings (SSSR count). The summed E-state index contributed by atoms with van der Waals surface area (Å²) in [5.41, 5.74) is 7.96. The van der Waals surface area contributed by atoms with Crippen molar-refractivity contribution < 1.29 is 4.42 Å². The largest absolute Gasteiger partial charge is 0.457 e. The Morgan fingerprint density at radius 2 is 2.50 bits per heavy atom. The Morgan fingerprint density at radius 3 is 2.92 bits per heavy atom. The summed E-state index contributed by atoms with van der Waals surface area (Å²) in [4.78, 5) is 0. The van der Waals surface area contributed by atoms with Gasteiger partial charge in [-0.15, -0.1) is 6.58 Å². The number of halogens is 1. The van der Waals surface area contributed by atoms with Crippen molar-refractivity contribution in [3.8, 4) is 0 Å². The van der Waals surface area contributed by atoms with Gasteiger partial charge < -0.3 is 10.2 Å². The zero-order valence-corrected chi connectivity index (χ0v) is 8.60. The van der Waals surface area contributed by atoms with Gasteiger partial charge in [0, 0.05) is 11.6 Å². The van der Waals surface area contributed by atoms with Crippen LogP contribution in [0, 0.1) is 0 Å². The fraction of sp³-hybridized carbons (Fsp3) is 0.333. The van der Waals surface area contributed by atoms with Gasteiger partial charge in [0.25, 0.3) is 0 Å². The van der Waals surface area contributed by atoms with Gasteiger partial charge in [-0.05, 0) is 35.3 Å². The molecule has 1 aromatic heterocycles. The van der Waals surface area contributed by atoms with E-state index in [1.54, 1.807) is 6.26 Å². The lowest BCUT2D eigenvalue weighted by Crippen LogP contribution is -2.09. The van der Waals surface area contributed by atoms with Crippen molar-refractivity contribution in [1.29, 1.82) is 0 Å². The first-order chi connectivity index (χ1) is 5.59. The SMILES string of the molecule is C=C(C)CC(N)c1coc(Br)c1. The second-order valence-corrected chi connectivity index (χ2v) is 3.73. The molecular weight excluding hydrogens is 218 g/mol. The highest BCUT2D eigenvalue weighted by Gasteiger charge is 2.08. The second-order valence-electron chi connectivity index (χ2n) is 2.95. The lowest BCUT2D eigenvalue weighted by molar-refractivity contribution is 0.534. The van der Waals surface area contributed by atoms with E-state index in [2.05, 4.69) is 22.5 Å². The van der Waals surface area contributed by atoms with Crippen LogP contribution in [0.4, 0.5) is 0 Å². The summed E-state index contributed by atoms with van der Waals surface area (Å²) in [5, 5.41) is 0. The molecule has 1 unspecified atom stereocenters. The molecule has 0 radical (unpaired) electrons. The zero-order chi connectivity index (χ0) is 9.14. The molecule has 0 fully saturated rings. The molecule has 0 bridgehead atoms. The molecule has 1 atom stereocenters. The third kappa shape index (κ3) is 2.50. The lowest BCUT2D eigenvalue weighted by atomic mass is 10.0. The van der Waals surface area contributed by atoms with Crippen molar-refractivity contribution in [3.63, 3.8) is 0 Å². The van der Waals surface area contributed by atoms with E-state index >= 15 is 0 Å². The number of hydrogen-bond acceptors (Lipinski definition) is 2. The third-order valence-electron chi connectivity index (χ3n) is 1.58. The van der Waals surface area contributed by atoms with Crippen molar-refractivity contribution in [1.82, 2.24) is 0 Å². The highest BCUT2D eigenvalue weighted by molar-refractivity contribution is 9.10. The standard InChI is InChI=1S/C9H12BrNO/c1-6(2)3-8(11)7-4-9(10)12-5-7/h4-5,8H,1,3,11H2,2H3. The molecule has 12 heavy (non-hydrogen) atoms. The molecule has 3 heteroatoms. The van der Waals surface area contributed by atoms with Crippen LogP contribution in [-0.4, -0.2) is 0 Å². The predicted molar refractivity (Wildman–Crippen MR) is 52.8 cm³/mol. The van der Waals surface area contributed by atoms with E-state index in [-0.39, 0.29) is 6.04 Å². The van der Waals surface area contributed by atoms with Crippen molar-refractivity contribution >= 4 is 15.9 Å². The van der Waals surface area contributed by atoms with Crippen molar-refractivity contribution in [2.75, 3.05) is 0 Å². The molecule has 0 aromatic carbocycles. The van der Waals surface area contributed by atoms with Crippen LogP contribution < -0.4 is 5.73 Å². The maximum atomic E-state index is 5.87. The summed E-state index contributed by atoms with van der Waals surface area (Å²) in [5.74, 6) is 0. The van der Waals surface area contributed by atoms with Gasteiger partial charge in [-0.1, -0.05) is 5.57 Å². The van der Waals surface area contributed by atoms with Gasteiger partial charge in [-0.25, -0.2) is 0 Å². The minimum atomic E-state index is -0.00227. The van der Waals surface area contributed by atoms with E-state index in [4.69, 9.17) is 10.2 Å². The summed E-state index contributed by atoms with van der Waals surface area (Å²) in [6.45, 7) is 5.77. The minimum absolute atomic E-state index is 0.00227. The summed E-state index contributed by atoms with van der Waals surface area (Å²) in [7, 11) is 0. The van der Waals surface area contributed by atoms with Gasteiger partial charge in [0.2, 0.25) is 0 Å². The average molecular weight is 230 g/mol. The van der Waals surface area contributed by atoms with Crippen LogP contribution in [0.15, 0.2) is 33.6 Å². The Bertz CT molecular complexity index is 280. The van der Waals surface area contributed by atoms with E-state index in [0.29, 0.717) is 0 Å². The van der Waals surface area contributed by atoms with Crippen molar-refractivity contribution in [2.24, 2.45) is 5.73 Å². The maximum absolute atomic E-state index is 5.87. The second kappa shape index (κ2) is 3.92. The third-order valence-corrected chi connectivity index (χ3v) is 2.00. The molecule has 2 N–H and O–H groups in total. The highest BCUT2D eigenvalue weighted by Crippen LogP contribution is 2.22. The van der Waals surface area contributed by atoms with Crippen molar-refractivity contribution in [3.05, 3.63) is 34.7 Å². The summed E-state index contributed by atoms with van der Waals surface area (Å²) < 4.78 is 5.79. The van der Waals surface area contributed by atoms with Gasteiger partial charge in [0.05, 0.1) is 6.26 Å². The van der Waals surface area contributed by atoms with Crippen LogP contribution in [0.5, 0.6) is 0 Å². The molecule has 66 valence electrons. The normalized spacial score (nSPS) is 12.9. The predicted octanol–water partition coefficient (Wildman–Crippen LogP) is 3.01. The molecule has 1 aromatic rings. The molecule has 2 nitrogen and oxygen atoms in total. The summed E-state index contributed by atoms with van der Waals surface area (Å²) in [6, 6.07) is 1.88. The van der Waals surface area contributed by atoms with E-state index in [9.17, 15) is 0 Å². The van der Waals surface area contributed by atoms with Crippen LogP contribution in [0.25, 0.3) is 0 Å². The maximum Gasteiger partial charge on any atom is 0.169 e. The average Bonchev–Trinajstić information content (AvgIpc) is 2.34. The molecule has 0 aliphatic rings. The molecule has 0 saturated carbocycles. The van der Waals surface area contributed by atoms with Crippen LogP contribution in [0.3, 0.4) is 0 Å². The van der Waals surface area contributed by atoms with Gasteiger partial charge in [0.15, 0.2) is 4.67 Å². The Morgan fingerprint density at radius 1 is 1.83 bits per heavy atom. The number of rotatable bonds is 3. The molecule has 0 amide bonds. The van der Waals surface area contributed by atoms with E-state index in [1.807, 2.05) is 13.0 Å². The molecule has 0 saturated heterocycles. The Hall–Kier alpha value is -0.540. The quantitative estimate of drug-likeness (QED) is 0.810. The minimum Gasteiger partial charge on any atom is -0.457 e. The summed E-state index contributed by atoms with van der Waals surface area (Å²) in [6.07, 6.45) is 2.46. The molecular formula is C9H12BrNO. The molecule has 0 aliphatic carbocycles. The highest BCUT2D eigenvalue weighted by atomic mass is 79.9. The fourth-order valence-electron chi connectivity index (χ4n) is 1.01. The topological polar surface area (TPSA) is 39.2 Å². The number of furan rings is 1. The fourth-order valence-corrected chi connectivity index (χ4v) is 1.37. The van der Waals surface area contributed by atoms with Crippen LogP contribution in [0.1, 0.15) is 24.9 Å². The first kappa shape index (κ1) is 9.55. The van der Waals surface area contributed by atoms with Crippen molar-refractivity contribution in [2.45, 2.75) is 19.4 Å².